The molecule has 1 aliphatic rings. The minimum absolute atomic E-state index is 0.166. The number of hydrogen-bond acceptors (Lipinski definition) is 4. The first kappa shape index (κ1) is 25.0. The molecule has 9 heteroatoms. The SMILES string of the molecule is O=C1NC(=O)N(c2ccc(Cl)c(Cl)c2)C(=O)/C1=C/c1c(OCc2ccccc2Br)ccc2ccccc12. The Morgan fingerprint density at radius 1 is 0.892 bits per heavy atom. The molecule has 0 bridgehead atoms. The van der Waals surface area contributed by atoms with Gasteiger partial charge in [-0.1, -0.05) is 87.7 Å². The quantitative estimate of drug-likeness (QED) is 0.196. The van der Waals surface area contributed by atoms with Crippen molar-refractivity contribution in [2.24, 2.45) is 0 Å². The van der Waals surface area contributed by atoms with Crippen LogP contribution in [0.1, 0.15) is 11.1 Å². The van der Waals surface area contributed by atoms with E-state index in [0.717, 1.165) is 25.7 Å². The van der Waals surface area contributed by atoms with Crippen LogP contribution < -0.4 is 15.0 Å². The van der Waals surface area contributed by atoms with E-state index < -0.39 is 17.8 Å². The highest BCUT2D eigenvalue weighted by molar-refractivity contribution is 9.10. The predicted octanol–water partition coefficient (Wildman–Crippen LogP) is 7.15. The van der Waals surface area contributed by atoms with Crippen molar-refractivity contribution in [3.8, 4) is 5.75 Å². The number of nitrogens with one attached hydrogen (secondary N) is 1. The summed E-state index contributed by atoms with van der Waals surface area (Å²) in [7, 11) is 0. The highest BCUT2D eigenvalue weighted by atomic mass is 79.9. The lowest BCUT2D eigenvalue weighted by Gasteiger charge is -2.26. The minimum atomic E-state index is -0.881. The van der Waals surface area contributed by atoms with E-state index in [4.69, 9.17) is 27.9 Å². The summed E-state index contributed by atoms with van der Waals surface area (Å²) in [6, 6.07) is 22.4. The van der Waals surface area contributed by atoms with Gasteiger partial charge in [0.2, 0.25) is 0 Å². The number of anilines is 1. The fraction of sp³-hybridized carbons (Fsp3) is 0.0357. The highest BCUT2D eigenvalue weighted by Gasteiger charge is 2.37. The molecule has 1 fully saturated rings. The van der Waals surface area contributed by atoms with Gasteiger partial charge in [-0.25, -0.2) is 9.69 Å². The van der Waals surface area contributed by atoms with E-state index in [1.807, 2.05) is 54.6 Å². The summed E-state index contributed by atoms with van der Waals surface area (Å²) in [5.74, 6) is -1.13. The molecule has 4 aromatic carbocycles. The van der Waals surface area contributed by atoms with Crippen LogP contribution in [0.25, 0.3) is 16.8 Å². The zero-order chi connectivity index (χ0) is 26.1. The van der Waals surface area contributed by atoms with E-state index in [1.165, 1.54) is 24.3 Å². The molecule has 37 heavy (non-hydrogen) atoms. The predicted molar refractivity (Wildman–Crippen MR) is 148 cm³/mol. The largest absolute Gasteiger partial charge is 0.488 e. The second-order valence-corrected chi connectivity index (χ2v) is 9.80. The van der Waals surface area contributed by atoms with Gasteiger partial charge >= 0.3 is 6.03 Å². The summed E-state index contributed by atoms with van der Waals surface area (Å²) in [4.78, 5) is 39.8. The molecule has 0 aliphatic carbocycles. The van der Waals surface area contributed by atoms with Gasteiger partial charge < -0.3 is 4.74 Å². The molecule has 0 radical (unpaired) electrons. The van der Waals surface area contributed by atoms with Crippen LogP contribution in [0.15, 0.2) is 88.9 Å². The van der Waals surface area contributed by atoms with Gasteiger partial charge in [-0.15, -0.1) is 0 Å². The monoisotopic (exact) mass is 594 g/mol. The Morgan fingerprint density at radius 2 is 1.65 bits per heavy atom. The van der Waals surface area contributed by atoms with Crippen molar-refractivity contribution >= 4 is 79.5 Å². The lowest BCUT2D eigenvalue weighted by Crippen LogP contribution is -2.54. The van der Waals surface area contributed by atoms with Gasteiger partial charge in [0.05, 0.1) is 15.7 Å². The molecule has 5 rings (SSSR count). The topological polar surface area (TPSA) is 75.7 Å². The van der Waals surface area contributed by atoms with Crippen LogP contribution in [0.4, 0.5) is 10.5 Å². The van der Waals surface area contributed by atoms with E-state index in [-0.39, 0.29) is 27.9 Å². The average molecular weight is 596 g/mol. The Hall–Kier alpha value is -3.65. The van der Waals surface area contributed by atoms with Crippen molar-refractivity contribution in [1.29, 1.82) is 0 Å². The van der Waals surface area contributed by atoms with E-state index in [0.29, 0.717) is 11.3 Å². The minimum Gasteiger partial charge on any atom is -0.488 e. The van der Waals surface area contributed by atoms with E-state index in [2.05, 4.69) is 21.2 Å². The van der Waals surface area contributed by atoms with Gasteiger partial charge in [-0.2, -0.15) is 0 Å². The number of ether oxygens (including phenoxy) is 1. The molecule has 0 spiro atoms. The molecule has 1 aliphatic heterocycles. The van der Waals surface area contributed by atoms with Crippen LogP contribution >= 0.6 is 39.1 Å². The molecule has 0 saturated carbocycles. The average Bonchev–Trinajstić information content (AvgIpc) is 2.88. The van der Waals surface area contributed by atoms with Crippen molar-refractivity contribution in [3.05, 3.63) is 110 Å². The molecule has 1 N–H and O–H groups in total. The summed E-state index contributed by atoms with van der Waals surface area (Å²) in [5.41, 5.74) is 1.41. The Morgan fingerprint density at radius 3 is 2.43 bits per heavy atom. The summed E-state index contributed by atoms with van der Waals surface area (Å²) < 4.78 is 7.05. The highest BCUT2D eigenvalue weighted by Crippen LogP contribution is 2.34. The standard InChI is InChI=1S/C28H17BrCl2N2O4/c29-22-8-4-2-6-17(22)15-37-25-12-9-16-5-1-3-7-19(16)20(25)14-21-26(34)32-28(36)33(27(21)35)18-10-11-23(30)24(31)13-18/h1-14H,15H2,(H,32,34,36)/b21-14+. The number of nitrogens with zero attached hydrogens (tertiary/aromatic N) is 1. The van der Waals surface area contributed by atoms with Gasteiger partial charge in [-0.05, 0) is 47.2 Å². The lowest BCUT2D eigenvalue weighted by atomic mass is 9.99. The van der Waals surface area contributed by atoms with Crippen LogP contribution in [0.3, 0.4) is 0 Å². The molecule has 0 unspecified atom stereocenters. The molecule has 1 saturated heterocycles. The van der Waals surface area contributed by atoms with Gasteiger partial charge in [0.1, 0.15) is 17.9 Å². The Labute approximate surface area is 230 Å². The second-order valence-electron chi connectivity index (χ2n) is 8.13. The Bertz CT molecular complexity index is 1620. The number of urea groups is 1. The number of halogens is 3. The number of hydrogen-bond donors (Lipinski definition) is 1. The van der Waals surface area contributed by atoms with Gasteiger partial charge in [0.25, 0.3) is 11.8 Å². The van der Waals surface area contributed by atoms with Crippen molar-refractivity contribution in [2.45, 2.75) is 6.61 Å². The van der Waals surface area contributed by atoms with Crippen molar-refractivity contribution < 1.29 is 19.1 Å². The molecule has 1 heterocycles. The van der Waals surface area contributed by atoms with Crippen LogP contribution in [0, 0.1) is 0 Å². The number of amides is 4. The van der Waals surface area contributed by atoms with Crippen molar-refractivity contribution in [3.63, 3.8) is 0 Å². The van der Waals surface area contributed by atoms with Crippen LogP contribution in [-0.4, -0.2) is 17.8 Å². The maximum atomic E-state index is 13.5. The van der Waals surface area contributed by atoms with Crippen molar-refractivity contribution in [2.75, 3.05) is 4.90 Å². The first-order valence-corrected chi connectivity index (χ1v) is 12.6. The second kappa shape index (κ2) is 10.4. The van der Waals surface area contributed by atoms with Crippen molar-refractivity contribution in [1.82, 2.24) is 5.32 Å². The summed E-state index contributed by atoms with van der Waals surface area (Å²) in [6.07, 6.45) is 1.45. The maximum Gasteiger partial charge on any atom is 0.335 e. The molecule has 4 aromatic rings. The lowest BCUT2D eigenvalue weighted by molar-refractivity contribution is -0.122. The van der Waals surface area contributed by atoms with Crippen LogP contribution in [0.2, 0.25) is 10.0 Å². The zero-order valence-electron chi connectivity index (χ0n) is 19.0. The number of carbonyl (C=O) groups excluding carboxylic acids is 3. The van der Waals surface area contributed by atoms with Gasteiger partial charge in [-0.3, -0.25) is 14.9 Å². The first-order valence-electron chi connectivity index (χ1n) is 11.1. The Kier molecular flexibility index (Phi) is 7.02. The number of barbiturate groups is 1. The third kappa shape index (κ3) is 4.98. The van der Waals surface area contributed by atoms with Crippen LogP contribution in [-0.2, 0) is 16.2 Å². The third-order valence-corrected chi connectivity index (χ3v) is 7.34. The zero-order valence-corrected chi connectivity index (χ0v) is 22.1. The summed E-state index contributed by atoms with van der Waals surface area (Å²) in [5, 5.41) is 4.33. The smallest absolute Gasteiger partial charge is 0.335 e. The van der Waals surface area contributed by atoms with Gasteiger partial charge in [0, 0.05) is 15.6 Å². The first-order chi connectivity index (χ1) is 17.8. The maximum absolute atomic E-state index is 13.5. The fourth-order valence-corrected chi connectivity index (χ4v) is 4.67. The number of benzene rings is 4. The number of carbonyl (C=O) groups is 3. The molecule has 4 amide bonds. The van der Waals surface area contributed by atoms with E-state index in [9.17, 15) is 14.4 Å². The molecule has 6 nitrogen and oxygen atoms in total. The molecule has 0 atom stereocenters. The van der Waals surface area contributed by atoms with E-state index >= 15 is 0 Å². The normalized spacial score (nSPS) is 14.8. The summed E-state index contributed by atoms with van der Waals surface area (Å²) >= 11 is 15.6. The number of rotatable bonds is 5. The molecule has 184 valence electrons. The molecular formula is C28H17BrCl2N2O4. The van der Waals surface area contributed by atoms with Gasteiger partial charge in [0.15, 0.2) is 0 Å². The summed E-state index contributed by atoms with van der Waals surface area (Å²) in [6.45, 7) is 0.254. The molecule has 0 aromatic heterocycles. The molecular weight excluding hydrogens is 579 g/mol. The Balaban J connectivity index is 1.59. The van der Waals surface area contributed by atoms with Crippen LogP contribution in [0.5, 0.6) is 5.75 Å². The fourth-order valence-electron chi connectivity index (χ4n) is 3.98. The number of fused-ring (bicyclic) bond motifs is 1. The third-order valence-electron chi connectivity index (χ3n) is 5.82. The number of imide groups is 2. The van der Waals surface area contributed by atoms with E-state index in [1.54, 1.807) is 6.07 Å².